The van der Waals surface area contributed by atoms with E-state index in [0.29, 0.717) is 12.0 Å². The van der Waals surface area contributed by atoms with Crippen molar-refractivity contribution in [3.63, 3.8) is 0 Å². The van der Waals surface area contributed by atoms with E-state index in [-0.39, 0.29) is 40.8 Å². The number of halogens is 1. The third-order valence-electron chi connectivity index (χ3n) is 4.16. The van der Waals surface area contributed by atoms with Crippen LogP contribution in [-0.2, 0) is 4.79 Å². The van der Waals surface area contributed by atoms with Crippen molar-refractivity contribution in [2.45, 2.75) is 32.6 Å². The fraction of sp³-hybridized carbons (Fsp3) is 0.263. The highest BCUT2D eigenvalue weighted by molar-refractivity contribution is 6.37. The van der Waals surface area contributed by atoms with Crippen LogP contribution in [0.1, 0.15) is 43.7 Å². The lowest BCUT2D eigenvalue weighted by molar-refractivity contribution is -0.112. The molecule has 0 bridgehead atoms. The maximum atomic E-state index is 14.3. The molecule has 0 fully saturated rings. The van der Waals surface area contributed by atoms with Crippen molar-refractivity contribution in [2.75, 3.05) is 0 Å². The zero-order valence-electron chi connectivity index (χ0n) is 14.7. The molecule has 6 nitrogen and oxygen atoms in total. The minimum absolute atomic E-state index is 0.0219. The summed E-state index contributed by atoms with van der Waals surface area (Å²) in [7, 11) is 0. The van der Waals surface area contributed by atoms with Crippen LogP contribution in [0.15, 0.2) is 42.4 Å². The molecule has 1 amide bonds. The highest BCUT2D eigenvalue weighted by Gasteiger charge is 2.28. The predicted molar refractivity (Wildman–Crippen MR) is 98.2 cm³/mol. The zero-order chi connectivity index (χ0) is 19.6. The van der Waals surface area contributed by atoms with Gasteiger partial charge in [0.15, 0.2) is 5.84 Å². The Labute approximate surface area is 151 Å². The summed E-state index contributed by atoms with van der Waals surface area (Å²) in [4.78, 5) is 12.6. The fourth-order valence-electron chi connectivity index (χ4n) is 2.79. The molecule has 2 rings (SSSR count). The number of amidine groups is 1. The van der Waals surface area contributed by atoms with Crippen molar-refractivity contribution in [1.29, 1.82) is 5.41 Å². The van der Waals surface area contributed by atoms with Gasteiger partial charge in [0.05, 0.1) is 11.4 Å². The van der Waals surface area contributed by atoms with Gasteiger partial charge in [-0.25, -0.2) is 4.39 Å². The molecule has 7 heteroatoms. The average molecular weight is 359 g/mol. The third kappa shape index (κ3) is 3.61. The quantitative estimate of drug-likeness (QED) is 0.487. The molecular formula is C19H22FN3O3. The predicted octanol–water partition coefficient (Wildman–Crippen LogP) is 3.49. The third-order valence-corrected chi connectivity index (χ3v) is 4.16. The highest BCUT2D eigenvalue weighted by atomic mass is 19.1. The van der Waals surface area contributed by atoms with Gasteiger partial charge >= 0.3 is 0 Å². The highest BCUT2D eigenvalue weighted by Crippen LogP contribution is 2.38. The summed E-state index contributed by atoms with van der Waals surface area (Å²) in [6.07, 6.45) is 3.66. The van der Waals surface area contributed by atoms with E-state index in [1.807, 2.05) is 13.8 Å². The molecule has 1 aliphatic carbocycles. The van der Waals surface area contributed by atoms with Gasteiger partial charge in [0, 0.05) is 11.6 Å². The van der Waals surface area contributed by atoms with Crippen LogP contribution >= 0.6 is 0 Å². The van der Waals surface area contributed by atoms with Gasteiger partial charge in [-0.2, -0.15) is 0 Å². The summed E-state index contributed by atoms with van der Waals surface area (Å²) in [5.74, 6) is -2.76. The number of nitrogens with one attached hydrogen (secondary N) is 1. The first kappa shape index (κ1) is 19.2. The van der Waals surface area contributed by atoms with Gasteiger partial charge < -0.3 is 15.9 Å². The number of carbonyl (C=O) groups is 1. The topological polar surface area (TPSA) is 111 Å². The number of amides is 1. The number of benzene rings is 1. The molecule has 5 N–H and O–H groups in total. The second-order valence-corrected chi connectivity index (χ2v) is 6.31. The van der Waals surface area contributed by atoms with Crippen LogP contribution in [0.2, 0.25) is 0 Å². The maximum Gasteiger partial charge on any atom is 0.284 e. The van der Waals surface area contributed by atoms with Crippen LogP contribution in [-0.4, -0.2) is 26.9 Å². The summed E-state index contributed by atoms with van der Waals surface area (Å²) in [5.41, 5.74) is 6.04. The molecule has 26 heavy (non-hydrogen) atoms. The number of phenols is 2. The Balaban J connectivity index is 2.61. The molecule has 1 aromatic carbocycles. The number of nitrogens with two attached hydrogens (primary N) is 1. The molecule has 1 aliphatic rings. The summed E-state index contributed by atoms with van der Waals surface area (Å²) >= 11 is 0. The van der Waals surface area contributed by atoms with E-state index in [0.717, 1.165) is 11.0 Å². The number of aromatic hydroxyl groups is 2. The Kier molecular flexibility index (Phi) is 5.50. The normalized spacial score (nSPS) is 13.8. The lowest BCUT2D eigenvalue weighted by Gasteiger charge is -2.30. The van der Waals surface area contributed by atoms with Gasteiger partial charge in [-0.05, 0) is 36.5 Å². The molecule has 0 aromatic heterocycles. The molecule has 0 spiro atoms. The second kappa shape index (κ2) is 7.43. The molecule has 0 saturated heterocycles. The first-order valence-electron chi connectivity index (χ1n) is 8.14. The van der Waals surface area contributed by atoms with Gasteiger partial charge in [-0.1, -0.05) is 26.5 Å². The van der Waals surface area contributed by atoms with Gasteiger partial charge in [-0.15, -0.1) is 0 Å². The van der Waals surface area contributed by atoms with E-state index in [1.165, 1.54) is 12.1 Å². The first-order valence-corrected chi connectivity index (χ1v) is 8.14. The van der Waals surface area contributed by atoms with E-state index >= 15 is 0 Å². The summed E-state index contributed by atoms with van der Waals surface area (Å²) < 4.78 is 14.3. The standard InChI is InChI=1S/C19H22FN3O3/c1-10(2)12-8-13(17(25)9-16(12)24)11(3)23(18(21)19(22)26)15-7-5-4-6-14(15)20/h4,6,8-10,21,24-25H,3,5,7H2,1-2H3,(H2,22,26). The average Bonchev–Trinajstić information content (AvgIpc) is 2.56. The van der Waals surface area contributed by atoms with E-state index < -0.39 is 17.6 Å². The van der Waals surface area contributed by atoms with E-state index in [4.69, 9.17) is 11.1 Å². The Bertz CT molecular complexity index is 841. The summed E-state index contributed by atoms with van der Waals surface area (Å²) in [5, 5.41) is 28.2. The number of allylic oxidation sites excluding steroid dienone is 4. The second-order valence-electron chi connectivity index (χ2n) is 6.31. The molecule has 0 atom stereocenters. The van der Waals surface area contributed by atoms with Gasteiger partial charge in [0.1, 0.15) is 17.3 Å². The SMILES string of the molecule is C=C(c1cc(C(C)C)c(O)cc1O)N(C(=N)C(N)=O)C1=C(F)C=CCC1. The van der Waals surface area contributed by atoms with Gasteiger partial charge in [0.2, 0.25) is 0 Å². The van der Waals surface area contributed by atoms with Crippen LogP contribution in [0.25, 0.3) is 5.70 Å². The van der Waals surface area contributed by atoms with Crippen molar-refractivity contribution < 1.29 is 19.4 Å². The van der Waals surface area contributed by atoms with E-state index in [9.17, 15) is 19.4 Å². The number of hydrogen-bond donors (Lipinski definition) is 4. The van der Waals surface area contributed by atoms with E-state index in [2.05, 4.69) is 6.58 Å². The van der Waals surface area contributed by atoms with Crippen molar-refractivity contribution in [3.05, 3.63) is 53.5 Å². The first-order chi connectivity index (χ1) is 12.1. The summed E-state index contributed by atoms with van der Waals surface area (Å²) in [6.45, 7) is 7.55. The molecule has 0 heterocycles. The van der Waals surface area contributed by atoms with Crippen molar-refractivity contribution in [2.24, 2.45) is 5.73 Å². The fourth-order valence-corrected chi connectivity index (χ4v) is 2.79. The van der Waals surface area contributed by atoms with Crippen molar-refractivity contribution >= 4 is 17.4 Å². The Morgan fingerprint density at radius 1 is 1.35 bits per heavy atom. The van der Waals surface area contributed by atoms with Crippen LogP contribution in [0.5, 0.6) is 11.5 Å². The molecule has 0 saturated carbocycles. The number of carbonyl (C=O) groups excluding carboxylic acids is 1. The summed E-state index contributed by atoms with van der Waals surface area (Å²) in [6, 6.07) is 2.67. The number of nitrogens with zero attached hydrogens (tertiary/aromatic N) is 1. The minimum atomic E-state index is -1.05. The van der Waals surface area contributed by atoms with Crippen LogP contribution in [0.4, 0.5) is 4.39 Å². The zero-order valence-corrected chi connectivity index (χ0v) is 14.7. The monoisotopic (exact) mass is 359 g/mol. The lowest BCUT2D eigenvalue weighted by atomic mass is 9.97. The Hall–Kier alpha value is -3.09. The van der Waals surface area contributed by atoms with Crippen LogP contribution < -0.4 is 5.73 Å². The van der Waals surface area contributed by atoms with Crippen LogP contribution in [0.3, 0.4) is 0 Å². The molecule has 0 unspecified atom stereocenters. The Morgan fingerprint density at radius 2 is 2.00 bits per heavy atom. The molecular weight excluding hydrogens is 337 g/mol. The number of primary amides is 1. The largest absolute Gasteiger partial charge is 0.508 e. The van der Waals surface area contributed by atoms with Gasteiger partial charge in [0.25, 0.3) is 5.91 Å². The number of rotatable bonds is 4. The van der Waals surface area contributed by atoms with Crippen LogP contribution in [0, 0.1) is 5.41 Å². The van der Waals surface area contributed by atoms with E-state index in [1.54, 1.807) is 6.08 Å². The van der Waals surface area contributed by atoms with Gasteiger partial charge in [-0.3, -0.25) is 15.1 Å². The lowest BCUT2D eigenvalue weighted by Crippen LogP contribution is -2.38. The molecule has 1 aromatic rings. The van der Waals surface area contributed by atoms with Crippen molar-refractivity contribution in [1.82, 2.24) is 4.90 Å². The minimum Gasteiger partial charge on any atom is -0.508 e. The van der Waals surface area contributed by atoms with Crippen molar-refractivity contribution in [3.8, 4) is 11.5 Å². The Morgan fingerprint density at radius 3 is 2.54 bits per heavy atom. The smallest absolute Gasteiger partial charge is 0.284 e. The molecule has 138 valence electrons. The number of phenolic OH excluding ortho intramolecular Hbond substituents is 2. The number of hydrogen-bond acceptors (Lipinski definition) is 4. The molecule has 0 radical (unpaired) electrons. The maximum absolute atomic E-state index is 14.3. The molecule has 0 aliphatic heterocycles.